The number of hydrogen-bond acceptors (Lipinski definition) is 3. The van der Waals surface area contributed by atoms with Crippen molar-refractivity contribution in [3.63, 3.8) is 0 Å². The van der Waals surface area contributed by atoms with Crippen molar-refractivity contribution in [1.29, 1.82) is 0 Å². The minimum atomic E-state index is -5.46. The fourth-order valence-corrected chi connectivity index (χ4v) is 14.4. The standard InChI is InChI=1S/C42H66F6O2SSi/c1-28(2)38(3,4)52(6,7)50-35-27-34-36-31(19-21-39(34,5)40(35)22-23-40)30-18-17-29(49)26-33(30)37(43)32(36)16-13-11-9-8-10-12-14-24-51-25-15-20-41(44,45)42(46,47)48/h17-18,26,28,31-32,34-37,49H,8-16,19-25,27H2,1-7H3/t31?,32-,34?,35+,36?,37+,39-/m0/s1. The Bertz CT molecular complexity index is 1350. The number of phenols is 1. The van der Waals surface area contributed by atoms with Gasteiger partial charge in [0.05, 0.1) is 6.10 Å². The van der Waals surface area contributed by atoms with Gasteiger partial charge in [-0.05, 0) is 139 Å². The first-order valence-corrected chi connectivity index (χ1v) is 24.4. The van der Waals surface area contributed by atoms with Gasteiger partial charge in [0.2, 0.25) is 0 Å². The minimum Gasteiger partial charge on any atom is -0.508 e. The molecule has 0 aliphatic heterocycles. The van der Waals surface area contributed by atoms with Crippen LogP contribution in [0, 0.1) is 34.5 Å². The van der Waals surface area contributed by atoms with Gasteiger partial charge in [0.15, 0.2) is 8.32 Å². The number of halogens is 6. The van der Waals surface area contributed by atoms with E-state index in [0.29, 0.717) is 29.1 Å². The largest absolute Gasteiger partial charge is 0.508 e. The Morgan fingerprint density at radius 1 is 0.904 bits per heavy atom. The van der Waals surface area contributed by atoms with E-state index in [-0.39, 0.29) is 46.0 Å². The van der Waals surface area contributed by atoms with Crippen molar-refractivity contribution in [2.45, 2.75) is 179 Å². The van der Waals surface area contributed by atoms with Gasteiger partial charge in [-0.3, -0.25) is 0 Å². The van der Waals surface area contributed by atoms with Crippen LogP contribution in [0.5, 0.6) is 5.75 Å². The van der Waals surface area contributed by atoms with E-state index >= 15 is 4.39 Å². The number of fused-ring (bicyclic) bond motifs is 6. The van der Waals surface area contributed by atoms with Gasteiger partial charge in [0, 0.05) is 11.8 Å². The maximum atomic E-state index is 16.9. The van der Waals surface area contributed by atoms with Crippen LogP contribution >= 0.6 is 11.8 Å². The number of thioether (sulfide) groups is 1. The topological polar surface area (TPSA) is 29.5 Å². The molecule has 3 saturated carbocycles. The summed E-state index contributed by atoms with van der Waals surface area (Å²) in [6, 6.07) is 5.45. The van der Waals surface area contributed by atoms with Crippen LogP contribution in [-0.2, 0) is 4.43 Å². The summed E-state index contributed by atoms with van der Waals surface area (Å²) >= 11 is 1.45. The van der Waals surface area contributed by atoms with E-state index in [4.69, 9.17) is 4.43 Å². The molecule has 3 unspecified atom stereocenters. The lowest BCUT2D eigenvalue weighted by Crippen LogP contribution is -2.50. The maximum absolute atomic E-state index is 16.9. The molecule has 0 amide bonds. The van der Waals surface area contributed by atoms with Gasteiger partial charge in [-0.1, -0.05) is 79.2 Å². The molecule has 2 nitrogen and oxygen atoms in total. The number of unbranched alkanes of at least 4 members (excludes halogenated alkanes) is 6. The first-order valence-electron chi connectivity index (χ1n) is 20.4. The molecule has 1 aromatic rings. The highest BCUT2D eigenvalue weighted by Gasteiger charge is 2.73. The highest BCUT2D eigenvalue weighted by molar-refractivity contribution is 7.99. The number of alkyl halides is 6. The number of hydrogen-bond donors (Lipinski definition) is 1. The van der Waals surface area contributed by atoms with E-state index in [0.717, 1.165) is 81.9 Å². The number of benzene rings is 1. The molecule has 4 aliphatic carbocycles. The minimum absolute atomic E-state index is 0.0658. The monoisotopic (exact) mass is 776 g/mol. The second-order valence-corrected chi connectivity index (χ2v) is 24.5. The molecule has 3 fully saturated rings. The van der Waals surface area contributed by atoms with E-state index in [1.54, 1.807) is 12.1 Å². The summed E-state index contributed by atoms with van der Waals surface area (Å²) in [7, 11) is -2.07. The van der Waals surface area contributed by atoms with E-state index in [9.17, 15) is 27.1 Å². The molecule has 7 atom stereocenters. The lowest BCUT2D eigenvalue weighted by molar-refractivity contribution is -0.284. The maximum Gasteiger partial charge on any atom is 0.453 e. The van der Waals surface area contributed by atoms with Crippen LogP contribution in [0.3, 0.4) is 0 Å². The van der Waals surface area contributed by atoms with Crippen LogP contribution in [-0.4, -0.2) is 43.1 Å². The summed E-state index contributed by atoms with van der Waals surface area (Å²) in [5, 5.41) is 10.5. The molecule has 0 bridgehead atoms. The second kappa shape index (κ2) is 15.9. The third kappa shape index (κ3) is 8.15. The lowest BCUT2D eigenvalue weighted by atomic mass is 9.50. The van der Waals surface area contributed by atoms with Gasteiger partial charge in [0.1, 0.15) is 11.9 Å². The zero-order valence-electron chi connectivity index (χ0n) is 32.8. The molecule has 1 spiro atoms. The number of phenolic OH excluding ortho intramolecular Hbond substituents is 1. The van der Waals surface area contributed by atoms with Gasteiger partial charge in [-0.2, -0.15) is 33.7 Å². The van der Waals surface area contributed by atoms with Crippen LogP contribution in [0.1, 0.15) is 154 Å². The first kappa shape index (κ1) is 42.3. The summed E-state index contributed by atoms with van der Waals surface area (Å²) in [5.74, 6) is -1.87. The fourth-order valence-electron chi connectivity index (χ4n) is 10.8. The molecule has 0 saturated heterocycles. The Balaban J connectivity index is 1.16. The summed E-state index contributed by atoms with van der Waals surface area (Å²) in [5.41, 5.74) is 2.20. The summed E-state index contributed by atoms with van der Waals surface area (Å²) < 4.78 is 87.4. The van der Waals surface area contributed by atoms with Crippen LogP contribution in [0.4, 0.5) is 26.3 Å². The van der Waals surface area contributed by atoms with Crippen LogP contribution in [0.2, 0.25) is 18.1 Å². The van der Waals surface area contributed by atoms with Gasteiger partial charge in [0.25, 0.3) is 0 Å². The quantitative estimate of drug-likeness (QED) is 0.0915. The molecule has 1 N–H and O–H groups in total. The summed E-state index contributed by atoms with van der Waals surface area (Å²) in [4.78, 5) is 0. The molecular weight excluding hydrogens is 711 g/mol. The average molecular weight is 777 g/mol. The highest BCUT2D eigenvalue weighted by atomic mass is 32.2. The fraction of sp³-hybridized carbons (Fsp3) is 0.857. The van der Waals surface area contributed by atoms with Crippen molar-refractivity contribution in [1.82, 2.24) is 0 Å². The van der Waals surface area contributed by atoms with E-state index in [1.165, 1.54) is 24.6 Å². The van der Waals surface area contributed by atoms with Crippen molar-refractivity contribution in [2.75, 3.05) is 11.5 Å². The van der Waals surface area contributed by atoms with Gasteiger partial charge in [-0.15, -0.1) is 0 Å². The Labute approximate surface area is 315 Å². The van der Waals surface area contributed by atoms with E-state index in [1.807, 2.05) is 6.07 Å². The van der Waals surface area contributed by atoms with Gasteiger partial charge in [-0.25, -0.2) is 4.39 Å². The van der Waals surface area contributed by atoms with Crippen LogP contribution in [0.25, 0.3) is 0 Å². The van der Waals surface area contributed by atoms with Crippen LogP contribution < -0.4 is 0 Å². The Morgan fingerprint density at radius 2 is 1.52 bits per heavy atom. The normalized spacial score (nSPS) is 30.0. The molecule has 4 aliphatic rings. The zero-order chi connectivity index (χ0) is 38.3. The Morgan fingerprint density at radius 3 is 2.13 bits per heavy atom. The predicted molar refractivity (Wildman–Crippen MR) is 205 cm³/mol. The zero-order valence-corrected chi connectivity index (χ0v) is 34.6. The summed E-state index contributed by atoms with van der Waals surface area (Å²) in [6.45, 7) is 16.8. The third-order valence-corrected chi connectivity index (χ3v) is 21.0. The Hall–Kier alpha value is -0.873. The number of rotatable bonds is 18. The second-order valence-electron chi connectivity index (χ2n) is 18.7. The van der Waals surface area contributed by atoms with Crippen LogP contribution in [0.15, 0.2) is 18.2 Å². The van der Waals surface area contributed by atoms with Crippen molar-refractivity contribution in [2.24, 2.45) is 34.5 Å². The van der Waals surface area contributed by atoms with E-state index in [2.05, 4.69) is 47.7 Å². The van der Waals surface area contributed by atoms with Gasteiger partial charge < -0.3 is 9.53 Å². The molecule has 0 heterocycles. The first-order chi connectivity index (χ1) is 24.2. The smallest absolute Gasteiger partial charge is 0.453 e. The van der Waals surface area contributed by atoms with E-state index < -0.39 is 33.0 Å². The predicted octanol–water partition coefficient (Wildman–Crippen LogP) is 14.2. The molecule has 10 heteroatoms. The average Bonchev–Trinajstić information content (AvgIpc) is 3.83. The van der Waals surface area contributed by atoms with Gasteiger partial charge >= 0.3 is 12.1 Å². The molecular formula is C42H66F6O2SSi. The molecule has 5 rings (SSSR count). The highest BCUT2D eigenvalue weighted by Crippen LogP contribution is 2.78. The van der Waals surface area contributed by atoms with Crippen molar-refractivity contribution < 1.29 is 35.9 Å². The van der Waals surface area contributed by atoms with Crippen molar-refractivity contribution in [3.8, 4) is 5.75 Å². The summed E-state index contributed by atoms with van der Waals surface area (Å²) in [6.07, 6.45) is 6.22. The molecule has 0 radical (unpaired) electrons. The number of aromatic hydroxyl groups is 1. The molecule has 1 aromatic carbocycles. The SMILES string of the molecule is CC(C)C(C)(C)[Si](C)(C)O[C@@H]1CC2C3C(CC[C@]2(C)C12CC2)c1ccc(O)cc1[C@H](F)[C@H]3CCCCCCCCCSCCCC(F)(F)C(F)(F)F. The molecule has 52 heavy (non-hydrogen) atoms. The van der Waals surface area contributed by atoms with Crippen molar-refractivity contribution >= 4 is 20.1 Å². The Kier molecular flexibility index (Phi) is 13.0. The molecule has 298 valence electrons. The lowest BCUT2D eigenvalue weighted by Gasteiger charge is -2.55. The van der Waals surface area contributed by atoms with Crippen molar-refractivity contribution in [3.05, 3.63) is 29.3 Å². The third-order valence-electron chi connectivity index (χ3n) is 15.3. The molecule has 0 aromatic heterocycles.